The Morgan fingerprint density at radius 3 is 2.92 bits per heavy atom. The fourth-order valence-electron chi connectivity index (χ4n) is 3.84. The van der Waals surface area contributed by atoms with Crippen LogP contribution >= 0.6 is 11.6 Å². The molecule has 1 aliphatic heterocycles. The highest BCUT2D eigenvalue weighted by Gasteiger charge is 2.27. The molecule has 4 heterocycles. The highest BCUT2D eigenvalue weighted by Crippen LogP contribution is 2.35. The monoisotopic (exact) mass is 363 g/mol. The van der Waals surface area contributed by atoms with Crippen molar-refractivity contribution >= 4 is 22.6 Å². The van der Waals surface area contributed by atoms with Crippen molar-refractivity contribution in [1.29, 1.82) is 0 Å². The molecule has 0 saturated carbocycles. The van der Waals surface area contributed by atoms with Gasteiger partial charge in [-0.1, -0.05) is 35.9 Å². The summed E-state index contributed by atoms with van der Waals surface area (Å²) in [5.74, 6) is 2.06. The van der Waals surface area contributed by atoms with Crippen LogP contribution in [0.3, 0.4) is 0 Å². The van der Waals surface area contributed by atoms with Gasteiger partial charge < -0.3 is 4.98 Å². The lowest BCUT2D eigenvalue weighted by atomic mass is 9.88. The average Bonchev–Trinajstić information content (AvgIpc) is 3.25. The summed E-state index contributed by atoms with van der Waals surface area (Å²) in [7, 11) is 0. The van der Waals surface area contributed by atoms with E-state index in [1.54, 1.807) is 6.07 Å². The van der Waals surface area contributed by atoms with Crippen LogP contribution in [0.25, 0.3) is 22.6 Å². The lowest BCUT2D eigenvalue weighted by molar-refractivity contribution is 0.445. The van der Waals surface area contributed by atoms with E-state index in [2.05, 4.69) is 45.8 Å². The molecule has 5 rings (SSSR count). The molecule has 0 saturated heterocycles. The number of fused-ring (bicyclic) bond motifs is 2. The molecule has 4 aromatic rings. The molecule has 0 bridgehead atoms. The third-order valence-electron chi connectivity index (χ3n) is 5.12. The van der Waals surface area contributed by atoms with Crippen molar-refractivity contribution in [3.05, 3.63) is 64.6 Å². The highest BCUT2D eigenvalue weighted by molar-refractivity contribution is 6.29. The van der Waals surface area contributed by atoms with Gasteiger partial charge in [0.15, 0.2) is 5.82 Å². The predicted octanol–water partition coefficient (Wildman–Crippen LogP) is 4.71. The topological polar surface area (TPSA) is 59.4 Å². The van der Waals surface area contributed by atoms with Crippen LogP contribution in [0, 0.1) is 6.92 Å². The van der Waals surface area contributed by atoms with Gasteiger partial charge in [0.2, 0.25) is 0 Å². The molecule has 1 N–H and O–H groups in total. The Bertz CT molecular complexity index is 1110. The molecule has 26 heavy (non-hydrogen) atoms. The maximum atomic E-state index is 6.00. The SMILES string of the molecule is Cc1ccccc1C1CCCn2nc(-c3cc4nc(Cl)ccc4[nH]3)nc21. The Morgan fingerprint density at radius 1 is 1.15 bits per heavy atom. The predicted molar refractivity (Wildman–Crippen MR) is 102 cm³/mol. The second-order valence-electron chi connectivity index (χ2n) is 6.82. The van der Waals surface area contributed by atoms with Gasteiger partial charge in [0.25, 0.3) is 0 Å². The number of benzene rings is 1. The van der Waals surface area contributed by atoms with Crippen molar-refractivity contribution < 1.29 is 0 Å². The third kappa shape index (κ3) is 2.51. The van der Waals surface area contributed by atoms with E-state index in [0.29, 0.717) is 11.1 Å². The molecule has 5 nitrogen and oxygen atoms in total. The van der Waals surface area contributed by atoms with Gasteiger partial charge >= 0.3 is 0 Å². The van der Waals surface area contributed by atoms with Crippen molar-refractivity contribution in [3.8, 4) is 11.5 Å². The van der Waals surface area contributed by atoms with E-state index in [4.69, 9.17) is 21.7 Å². The number of aromatic nitrogens is 5. The Morgan fingerprint density at radius 2 is 2.04 bits per heavy atom. The number of aryl methyl sites for hydroxylation is 2. The molecule has 0 amide bonds. The minimum absolute atomic E-state index is 0.295. The zero-order valence-corrected chi connectivity index (χ0v) is 15.2. The molecule has 3 aromatic heterocycles. The van der Waals surface area contributed by atoms with E-state index in [1.807, 2.05) is 12.1 Å². The second-order valence-corrected chi connectivity index (χ2v) is 7.21. The van der Waals surface area contributed by atoms with Crippen molar-refractivity contribution in [2.75, 3.05) is 0 Å². The Labute approximate surface area is 156 Å². The summed E-state index contributed by atoms with van der Waals surface area (Å²) in [6.45, 7) is 3.08. The second kappa shape index (κ2) is 5.95. The molecule has 0 aliphatic carbocycles. The molecule has 1 atom stereocenters. The third-order valence-corrected chi connectivity index (χ3v) is 5.33. The van der Waals surface area contributed by atoms with E-state index < -0.39 is 0 Å². The van der Waals surface area contributed by atoms with Gasteiger partial charge in [0, 0.05) is 12.5 Å². The van der Waals surface area contributed by atoms with Gasteiger partial charge in [-0.2, -0.15) is 0 Å². The number of nitrogens with zero attached hydrogens (tertiary/aromatic N) is 4. The minimum Gasteiger partial charge on any atom is -0.351 e. The summed E-state index contributed by atoms with van der Waals surface area (Å²) < 4.78 is 2.06. The zero-order valence-electron chi connectivity index (χ0n) is 14.4. The van der Waals surface area contributed by atoms with Crippen molar-refractivity contribution in [3.63, 3.8) is 0 Å². The van der Waals surface area contributed by atoms with Crippen LogP contribution in [0.1, 0.15) is 35.7 Å². The molecule has 1 aliphatic rings. The molecular formula is C20H18ClN5. The molecule has 1 unspecified atom stereocenters. The van der Waals surface area contributed by atoms with Gasteiger partial charge in [0.1, 0.15) is 11.0 Å². The van der Waals surface area contributed by atoms with E-state index in [9.17, 15) is 0 Å². The van der Waals surface area contributed by atoms with Crippen molar-refractivity contribution in [1.82, 2.24) is 24.7 Å². The summed E-state index contributed by atoms with van der Waals surface area (Å²) >= 11 is 6.00. The summed E-state index contributed by atoms with van der Waals surface area (Å²) in [5, 5.41) is 5.24. The van der Waals surface area contributed by atoms with Crippen LogP contribution in [0.4, 0.5) is 0 Å². The van der Waals surface area contributed by atoms with Gasteiger partial charge in [-0.05, 0) is 49.1 Å². The molecule has 0 radical (unpaired) electrons. The number of halogens is 1. The lowest BCUT2D eigenvalue weighted by Crippen LogP contribution is -2.18. The van der Waals surface area contributed by atoms with Crippen molar-refractivity contribution in [2.45, 2.75) is 32.2 Å². The van der Waals surface area contributed by atoms with E-state index in [1.165, 1.54) is 11.1 Å². The van der Waals surface area contributed by atoms with Crippen LogP contribution in [-0.4, -0.2) is 24.7 Å². The highest BCUT2D eigenvalue weighted by atomic mass is 35.5. The first kappa shape index (κ1) is 15.6. The molecular weight excluding hydrogens is 346 g/mol. The van der Waals surface area contributed by atoms with Crippen LogP contribution in [0.2, 0.25) is 5.15 Å². The fraction of sp³-hybridized carbons (Fsp3) is 0.250. The first-order valence-corrected chi connectivity index (χ1v) is 9.23. The number of pyridine rings is 1. The smallest absolute Gasteiger partial charge is 0.197 e. The Hall–Kier alpha value is -2.66. The van der Waals surface area contributed by atoms with Gasteiger partial charge in [-0.3, -0.25) is 0 Å². The maximum absolute atomic E-state index is 6.00. The number of rotatable bonds is 2. The fourth-order valence-corrected chi connectivity index (χ4v) is 4.00. The lowest BCUT2D eigenvalue weighted by Gasteiger charge is -2.23. The number of hydrogen-bond donors (Lipinski definition) is 1. The number of nitrogens with one attached hydrogen (secondary N) is 1. The number of H-pyrrole nitrogens is 1. The van der Waals surface area contributed by atoms with Crippen LogP contribution in [-0.2, 0) is 6.54 Å². The normalized spacial score (nSPS) is 16.8. The van der Waals surface area contributed by atoms with Crippen LogP contribution < -0.4 is 0 Å². The first-order chi connectivity index (χ1) is 12.7. The first-order valence-electron chi connectivity index (χ1n) is 8.85. The Balaban J connectivity index is 1.60. The molecule has 1 aromatic carbocycles. The number of aromatic amines is 1. The molecule has 0 fully saturated rings. The summed E-state index contributed by atoms with van der Waals surface area (Å²) in [6, 6.07) is 14.2. The van der Waals surface area contributed by atoms with E-state index in [-0.39, 0.29) is 0 Å². The molecule has 6 heteroatoms. The van der Waals surface area contributed by atoms with Crippen LogP contribution in [0.5, 0.6) is 0 Å². The van der Waals surface area contributed by atoms with Gasteiger partial charge in [-0.15, -0.1) is 5.10 Å². The minimum atomic E-state index is 0.295. The van der Waals surface area contributed by atoms with E-state index in [0.717, 1.165) is 47.8 Å². The average molecular weight is 364 g/mol. The molecule has 130 valence electrons. The number of hydrogen-bond acceptors (Lipinski definition) is 3. The standard InChI is InChI=1S/C20H18ClN5/c1-12-5-2-3-6-13(12)14-7-4-10-26-20(14)24-19(25-26)17-11-16-15(22-17)8-9-18(21)23-16/h2-3,5-6,8-9,11,14,22H,4,7,10H2,1H3. The Kier molecular flexibility index (Phi) is 3.57. The van der Waals surface area contributed by atoms with Crippen LogP contribution in [0.15, 0.2) is 42.5 Å². The zero-order chi connectivity index (χ0) is 17.7. The summed E-state index contributed by atoms with van der Waals surface area (Å²) in [6.07, 6.45) is 2.21. The summed E-state index contributed by atoms with van der Waals surface area (Å²) in [4.78, 5) is 12.6. The largest absolute Gasteiger partial charge is 0.351 e. The van der Waals surface area contributed by atoms with Crippen molar-refractivity contribution in [2.24, 2.45) is 0 Å². The maximum Gasteiger partial charge on any atom is 0.197 e. The summed E-state index contributed by atoms with van der Waals surface area (Å²) in [5.41, 5.74) is 5.29. The van der Waals surface area contributed by atoms with Gasteiger partial charge in [-0.25, -0.2) is 14.6 Å². The van der Waals surface area contributed by atoms with E-state index >= 15 is 0 Å². The van der Waals surface area contributed by atoms with Gasteiger partial charge in [0.05, 0.1) is 16.7 Å². The molecule has 0 spiro atoms. The quantitative estimate of drug-likeness (QED) is 0.525.